The van der Waals surface area contributed by atoms with E-state index in [4.69, 9.17) is 14.5 Å². The van der Waals surface area contributed by atoms with E-state index in [9.17, 15) is 10.2 Å². The number of benzene rings is 4. The fourth-order valence-corrected chi connectivity index (χ4v) is 7.39. The number of rotatable bonds is 23. The van der Waals surface area contributed by atoms with Gasteiger partial charge in [0.15, 0.2) is 0 Å². The third-order valence-corrected chi connectivity index (χ3v) is 11.1. The summed E-state index contributed by atoms with van der Waals surface area (Å²) in [5, 5.41) is 25.1. The van der Waals surface area contributed by atoms with Crippen LogP contribution in [-0.2, 0) is 22.9 Å². The third-order valence-electron chi connectivity index (χ3n) is 11.1. The van der Waals surface area contributed by atoms with Gasteiger partial charge in [-0.25, -0.2) is 0 Å². The van der Waals surface area contributed by atoms with Crippen LogP contribution in [0.2, 0.25) is 0 Å². The highest BCUT2D eigenvalue weighted by Crippen LogP contribution is 2.47. The average molecular weight is 776 g/mol. The number of aromatic hydroxyl groups is 1. The second kappa shape index (κ2) is 22.2. The van der Waals surface area contributed by atoms with Crippen LogP contribution in [0.4, 0.5) is 0 Å². The third kappa shape index (κ3) is 13.5. The van der Waals surface area contributed by atoms with Crippen molar-refractivity contribution in [3.05, 3.63) is 124 Å². The van der Waals surface area contributed by atoms with Crippen LogP contribution in [0, 0.1) is 0 Å². The molecule has 57 heavy (non-hydrogen) atoms. The number of unbranched alkanes of at least 4 members (excludes halogenated alkanes) is 10. The van der Waals surface area contributed by atoms with Crippen LogP contribution in [0.5, 0.6) is 17.2 Å². The minimum absolute atomic E-state index is 0.138. The Labute approximate surface area is 346 Å². The first-order valence-corrected chi connectivity index (χ1v) is 21.9. The molecule has 0 spiro atoms. The van der Waals surface area contributed by atoms with Gasteiger partial charge in [0.05, 0.1) is 19.3 Å². The summed E-state index contributed by atoms with van der Waals surface area (Å²) in [6, 6.07) is 29.4. The van der Waals surface area contributed by atoms with Crippen LogP contribution in [0.15, 0.2) is 96.0 Å². The Morgan fingerprint density at radius 3 is 1.51 bits per heavy atom. The van der Waals surface area contributed by atoms with Gasteiger partial charge in [0.2, 0.25) is 0 Å². The van der Waals surface area contributed by atoms with Gasteiger partial charge in [-0.3, -0.25) is 4.99 Å². The molecule has 0 saturated heterocycles. The van der Waals surface area contributed by atoms with E-state index in [1.807, 2.05) is 30.3 Å². The van der Waals surface area contributed by atoms with Gasteiger partial charge in [0.1, 0.15) is 22.8 Å². The van der Waals surface area contributed by atoms with E-state index in [0.717, 1.165) is 42.4 Å². The van der Waals surface area contributed by atoms with Crippen molar-refractivity contribution in [1.29, 1.82) is 0 Å². The van der Waals surface area contributed by atoms with E-state index in [0.29, 0.717) is 47.8 Å². The van der Waals surface area contributed by atoms with Crippen molar-refractivity contribution in [3.8, 4) is 17.2 Å². The molecule has 0 aliphatic heterocycles. The predicted octanol–water partition coefficient (Wildman–Crippen LogP) is 13.4. The van der Waals surface area contributed by atoms with Gasteiger partial charge >= 0.3 is 0 Å². The van der Waals surface area contributed by atoms with Crippen LogP contribution in [-0.4, -0.2) is 35.7 Å². The largest absolute Gasteiger partial charge is 0.507 e. The molecule has 310 valence electrons. The summed E-state index contributed by atoms with van der Waals surface area (Å²) in [4.78, 5) is 5.27. The van der Waals surface area contributed by atoms with Gasteiger partial charge in [0, 0.05) is 22.9 Å². The molecule has 4 aromatic rings. The molecule has 1 atom stereocenters. The first-order chi connectivity index (χ1) is 27.3. The van der Waals surface area contributed by atoms with E-state index in [1.165, 1.54) is 51.4 Å². The molecule has 0 radical (unpaired) electrons. The van der Waals surface area contributed by atoms with E-state index >= 15 is 0 Å². The molecule has 4 rings (SSSR count). The second-order valence-corrected chi connectivity index (χ2v) is 18.0. The summed E-state index contributed by atoms with van der Waals surface area (Å²) in [6.07, 6.45) is 16.0. The summed E-state index contributed by atoms with van der Waals surface area (Å²) in [5.41, 5.74) is 3.03. The Kier molecular flexibility index (Phi) is 17.7. The number of ether oxygens (including phenoxy) is 2. The lowest BCUT2D eigenvalue weighted by molar-refractivity contribution is 0.0460. The SMILES string of the molecule is CCCCCCCCOc1ccc(C(C)(C)C)cc1C(O)(c1cc(C(C)(C)C)ccc1OCCCCCCCC)C(Cc1ccccc1)N=Cc1ccccc1O. The molecule has 0 aliphatic rings. The lowest BCUT2D eigenvalue weighted by atomic mass is 9.73. The second-order valence-electron chi connectivity index (χ2n) is 18.0. The van der Waals surface area contributed by atoms with Crippen molar-refractivity contribution in [1.82, 2.24) is 0 Å². The highest BCUT2D eigenvalue weighted by molar-refractivity contribution is 5.83. The monoisotopic (exact) mass is 776 g/mol. The lowest BCUT2D eigenvalue weighted by Gasteiger charge is -2.39. The zero-order chi connectivity index (χ0) is 41.3. The molecule has 0 aliphatic carbocycles. The van der Waals surface area contributed by atoms with Crippen molar-refractivity contribution < 1.29 is 19.7 Å². The maximum Gasteiger partial charge on any atom is 0.144 e. The van der Waals surface area contributed by atoms with Crippen LogP contribution >= 0.6 is 0 Å². The predicted molar refractivity (Wildman–Crippen MR) is 241 cm³/mol. The van der Waals surface area contributed by atoms with Crippen LogP contribution in [0.1, 0.15) is 166 Å². The van der Waals surface area contributed by atoms with Crippen molar-refractivity contribution in [2.24, 2.45) is 4.99 Å². The topological polar surface area (TPSA) is 71.3 Å². The first-order valence-electron chi connectivity index (χ1n) is 21.9. The summed E-state index contributed by atoms with van der Waals surface area (Å²) < 4.78 is 13.5. The zero-order valence-corrected chi connectivity index (χ0v) is 36.6. The molecular formula is C52H73NO4. The summed E-state index contributed by atoms with van der Waals surface area (Å²) in [6.45, 7) is 18.8. The Morgan fingerprint density at radius 2 is 1.04 bits per heavy atom. The summed E-state index contributed by atoms with van der Waals surface area (Å²) >= 11 is 0. The molecule has 0 saturated carbocycles. The van der Waals surface area contributed by atoms with E-state index in [-0.39, 0.29) is 16.6 Å². The van der Waals surface area contributed by atoms with E-state index < -0.39 is 11.6 Å². The fourth-order valence-electron chi connectivity index (χ4n) is 7.39. The number of aliphatic hydroxyl groups is 1. The molecule has 5 nitrogen and oxygen atoms in total. The normalized spacial score (nSPS) is 12.9. The molecule has 1 unspecified atom stereocenters. The highest BCUT2D eigenvalue weighted by atomic mass is 16.5. The quantitative estimate of drug-likeness (QED) is 0.0581. The van der Waals surface area contributed by atoms with Gasteiger partial charge in [-0.2, -0.15) is 0 Å². The molecule has 0 amide bonds. The Morgan fingerprint density at radius 1 is 0.579 bits per heavy atom. The molecular weight excluding hydrogens is 703 g/mol. The van der Waals surface area contributed by atoms with Crippen molar-refractivity contribution in [3.63, 3.8) is 0 Å². The van der Waals surface area contributed by atoms with Crippen molar-refractivity contribution in [2.75, 3.05) is 13.2 Å². The number of para-hydroxylation sites is 1. The molecule has 4 aromatic carbocycles. The van der Waals surface area contributed by atoms with E-state index in [1.54, 1.807) is 18.3 Å². The lowest BCUT2D eigenvalue weighted by Crippen LogP contribution is -2.42. The molecule has 0 bridgehead atoms. The molecule has 0 fully saturated rings. The van der Waals surface area contributed by atoms with Crippen molar-refractivity contribution in [2.45, 2.75) is 161 Å². The maximum absolute atomic E-state index is 14.2. The number of phenols is 1. The Balaban J connectivity index is 1.98. The van der Waals surface area contributed by atoms with Gasteiger partial charge in [-0.1, -0.05) is 174 Å². The number of phenolic OH excluding ortho intramolecular Hbond substituents is 1. The minimum atomic E-state index is -1.72. The minimum Gasteiger partial charge on any atom is -0.507 e. The molecule has 2 N–H and O–H groups in total. The maximum atomic E-state index is 14.2. The number of aliphatic imine (C=N–C) groups is 1. The number of hydrogen-bond donors (Lipinski definition) is 2. The van der Waals surface area contributed by atoms with Crippen LogP contribution in [0.3, 0.4) is 0 Å². The van der Waals surface area contributed by atoms with Crippen LogP contribution in [0.25, 0.3) is 0 Å². The van der Waals surface area contributed by atoms with Gasteiger partial charge < -0.3 is 19.7 Å². The smallest absolute Gasteiger partial charge is 0.144 e. The van der Waals surface area contributed by atoms with Crippen molar-refractivity contribution >= 4 is 6.21 Å². The average Bonchev–Trinajstić information content (AvgIpc) is 3.18. The first kappa shape index (κ1) is 45.6. The number of nitrogens with zero attached hydrogens (tertiary/aromatic N) is 1. The van der Waals surface area contributed by atoms with Gasteiger partial charge in [0.25, 0.3) is 0 Å². The standard InChI is InChI=1S/C52H73NO4/c1-9-11-13-15-17-24-34-56-47-32-30-42(50(3,4)5)37-44(47)52(55,49(36-40-26-20-19-21-27-40)53-39-41-28-22-23-29-46(41)54)45-38-43(51(6,7)8)31-33-48(45)57-35-25-18-16-14-12-10-2/h19-23,26-33,37-39,49,54-55H,9-18,24-25,34-36H2,1-8H3. The summed E-state index contributed by atoms with van der Waals surface area (Å²) in [5.74, 6) is 1.44. The number of hydrogen-bond acceptors (Lipinski definition) is 5. The zero-order valence-electron chi connectivity index (χ0n) is 36.6. The van der Waals surface area contributed by atoms with Gasteiger partial charge in [-0.05, 0) is 83.2 Å². The Hall–Kier alpha value is -4.09. The van der Waals surface area contributed by atoms with Gasteiger partial charge in [-0.15, -0.1) is 0 Å². The molecule has 0 heterocycles. The molecule has 5 heteroatoms. The fraction of sp³-hybridized carbons (Fsp3) is 0.519. The Bertz CT molecular complexity index is 1720. The summed E-state index contributed by atoms with van der Waals surface area (Å²) in [7, 11) is 0. The highest BCUT2D eigenvalue weighted by Gasteiger charge is 2.45. The van der Waals surface area contributed by atoms with E-state index in [2.05, 4.69) is 104 Å². The van der Waals surface area contributed by atoms with Crippen LogP contribution < -0.4 is 9.47 Å². The molecule has 0 aromatic heterocycles.